The molecule has 5 heteroatoms. The first-order chi connectivity index (χ1) is 6.60. The summed E-state index contributed by atoms with van der Waals surface area (Å²) in [4.78, 5) is 11.1. The molecule has 80 valence electrons. The highest BCUT2D eigenvalue weighted by Gasteiger charge is 2.33. The number of ether oxygens (including phenoxy) is 2. The Hall–Kier alpha value is -0.740. The van der Waals surface area contributed by atoms with Crippen molar-refractivity contribution in [1.29, 1.82) is 0 Å². The Balaban J connectivity index is 2.76. The third kappa shape index (κ3) is 2.19. The number of carbonyl (C=O) groups is 1. The Morgan fingerprint density at radius 1 is 1.71 bits per heavy atom. The van der Waals surface area contributed by atoms with Crippen LogP contribution >= 0.6 is 11.6 Å². The van der Waals surface area contributed by atoms with Crippen molar-refractivity contribution in [1.82, 2.24) is 5.32 Å². The van der Waals surface area contributed by atoms with E-state index in [1.807, 2.05) is 13.8 Å². The molecule has 0 fully saturated rings. The van der Waals surface area contributed by atoms with Gasteiger partial charge < -0.3 is 14.8 Å². The number of hydrogen-bond acceptors (Lipinski definition) is 4. The van der Waals surface area contributed by atoms with Gasteiger partial charge in [-0.05, 0) is 13.3 Å². The molecule has 0 spiro atoms. The van der Waals surface area contributed by atoms with Gasteiger partial charge in [0.1, 0.15) is 5.70 Å². The highest BCUT2D eigenvalue weighted by molar-refractivity contribution is 6.42. The van der Waals surface area contributed by atoms with Gasteiger partial charge in [0.2, 0.25) is 6.29 Å². The molecule has 14 heavy (non-hydrogen) atoms. The van der Waals surface area contributed by atoms with Gasteiger partial charge in [0.15, 0.2) is 5.03 Å². The lowest BCUT2D eigenvalue weighted by Crippen LogP contribution is -2.31. The molecular weight excluding hydrogens is 206 g/mol. The summed E-state index contributed by atoms with van der Waals surface area (Å²) >= 11 is 5.77. The van der Waals surface area contributed by atoms with E-state index in [4.69, 9.17) is 21.1 Å². The molecular formula is C9H14ClNO3. The van der Waals surface area contributed by atoms with E-state index < -0.39 is 12.3 Å². The number of hydrogen-bond donors (Lipinski definition) is 1. The van der Waals surface area contributed by atoms with E-state index in [1.165, 1.54) is 7.11 Å². The van der Waals surface area contributed by atoms with E-state index in [0.29, 0.717) is 5.70 Å². The van der Waals surface area contributed by atoms with Gasteiger partial charge in [-0.25, -0.2) is 4.79 Å². The second-order valence-electron chi connectivity index (χ2n) is 3.15. The summed E-state index contributed by atoms with van der Waals surface area (Å²) in [5.41, 5.74) is 0.522. The summed E-state index contributed by atoms with van der Waals surface area (Å²) in [5, 5.41) is 3.17. The fourth-order valence-electron chi connectivity index (χ4n) is 1.09. The molecule has 2 unspecified atom stereocenters. The second-order valence-corrected chi connectivity index (χ2v) is 3.53. The van der Waals surface area contributed by atoms with Crippen molar-refractivity contribution < 1.29 is 14.3 Å². The summed E-state index contributed by atoms with van der Waals surface area (Å²) in [5.74, 6) is -0.538. The van der Waals surface area contributed by atoms with Gasteiger partial charge in [-0.2, -0.15) is 0 Å². The van der Waals surface area contributed by atoms with Crippen LogP contribution in [-0.2, 0) is 14.3 Å². The monoisotopic (exact) mass is 219 g/mol. The minimum Gasteiger partial charge on any atom is -0.425 e. The van der Waals surface area contributed by atoms with Gasteiger partial charge in [-0.15, -0.1) is 0 Å². The van der Waals surface area contributed by atoms with E-state index in [1.54, 1.807) is 0 Å². The summed E-state index contributed by atoms with van der Waals surface area (Å²) in [6.07, 6.45) is 0.238. The fourth-order valence-corrected chi connectivity index (χ4v) is 1.27. The highest BCUT2D eigenvalue weighted by atomic mass is 35.5. The molecule has 0 radical (unpaired) electrons. The molecule has 0 aromatic carbocycles. The quantitative estimate of drug-likeness (QED) is 0.726. The molecule has 0 saturated carbocycles. The molecule has 0 amide bonds. The average molecular weight is 220 g/mol. The summed E-state index contributed by atoms with van der Waals surface area (Å²) in [6.45, 7) is 4.03. The van der Waals surface area contributed by atoms with Gasteiger partial charge >= 0.3 is 5.97 Å². The normalized spacial score (nSPS) is 23.7. The Bertz CT molecular complexity index is 265. The number of halogens is 1. The fraction of sp³-hybridized carbons (Fsp3) is 0.667. The van der Waals surface area contributed by atoms with Crippen molar-refractivity contribution in [3.05, 3.63) is 10.7 Å². The van der Waals surface area contributed by atoms with E-state index >= 15 is 0 Å². The van der Waals surface area contributed by atoms with Crippen LogP contribution in [0.2, 0.25) is 0 Å². The number of rotatable bonds is 4. The molecule has 0 aromatic rings. The van der Waals surface area contributed by atoms with Crippen LogP contribution in [0.5, 0.6) is 0 Å². The lowest BCUT2D eigenvalue weighted by Gasteiger charge is -2.17. The Kier molecular flexibility index (Phi) is 3.77. The smallest absolute Gasteiger partial charge is 0.354 e. The summed E-state index contributed by atoms with van der Waals surface area (Å²) in [7, 11) is 1.46. The van der Waals surface area contributed by atoms with Crippen LogP contribution in [0, 0.1) is 0 Å². The SMILES string of the molecule is CCC(C)NC1=C(Cl)C(=O)OC1OC. The minimum atomic E-state index is -0.691. The molecule has 1 aliphatic rings. The van der Waals surface area contributed by atoms with E-state index in [9.17, 15) is 4.79 Å². The van der Waals surface area contributed by atoms with Crippen molar-refractivity contribution in [3.8, 4) is 0 Å². The topological polar surface area (TPSA) is 47.6 Å². The average Bonchev–Trinajstić information content (AvgIpc) is 2.45. The molecule has 1 aliphatic heterocycles. The molecule has 1 N–H and O–H groups in total. The highest BCUT2D eigenvalue weighted by Crippen LogP contribution is 2.24. The molecule has 1 heterocycles. The second kappa shape index (κ2) is 4.66. The zero-order valence-corrected chi connectivity index (χ0v) is 9.22. The van der Waals surface area contributed by atoms with Crippen molar-refractivity contribution >= 4 is 17.6 Å². The van der Waals surface area contributed by atoms with Crippen LogP contribution in [0.3, 0.4) is 0 Å². The van der Waals surface area contributed by atoms with Crippen LogP contribution in [-0.4, -0.2) is 25.4 Å². The maximum atomic E-state index is 11.1. The van der Waals surface area contributed by atoms with E-state index in [0.717, 1.165) is 6.42 Å². The number of methoxy groups -OCH3 is 1. The molecule has 0 bridgehead atoms. The maximum Gasteiger partial charge on any atom is 0.354 e. The van der Waals surface area contributed by atoms with Crippen LogP contribution < -0.4 is 5.32 Å². The zero-order chi connectivity index (χ0) is 10.7. The standard InChI is InChI=1S/C9H14ClNO3/c1-4-5(2)11-7-6(10)8(12)14-9(7)13-3/h5,9,11H,4H2,1-3H3. The number of carbonyl (C=O) groups excluding carboxylic acids is 1. The van der Waals surface area contributed by atoms with Crippen molar-refractivity contribution in [2.75, 3.05) is 7.11 Å². The zero-order valence-electron chi connectivity index (χ0n) is 8.46. The molecule has 4 nitrogen and oxygen atoms in total. The van der Waals surface area contributed by atoms with Gasteiger partial charge in [0, 0.05) is 13.2 Å². The van der Waals surface area contributed by atoms with Crippen molar-refractivity contribution in [2.24, 2.45) is 0 Å². The van der Waals surface area contributed by atoms with Crippen LogP contribution in [0.4, 0.5) is 0 Å². The molecule has 0 aromatic heterocycles. The third-order valence-corrected chi connectivity index (χ3v) is 2.45. The predicted molar refractivity (Wildman–Crippen MR) is 52.7 cm³/mol. The first-order valence-electron chi connectivity index (χ1n) is 4.50. The molecule has 1 rings (SSSR count). The first kappa shape index (κ1) is 11.3. The predicted octanol–water partition coefficient (Wildman–Crippen LogP) is 1.35. The molecule has 2 atom stereocenters. The lowest BCUT2D eigenvalue weighted by atomic mass is 10.2. The summed E-state index contributed by atoms with van der Waals surface area (Å²) in [6, 6.07) is 0.228. The van der Waals surface area contributed by atoms with Crippen LogP contribution in [0.15, 0.2) is 10.7 Å². The number of esters is 1. The molecule has 0 saturated heterocycles. The van der Waals surface area contributed by atoms with Crippen molar-refractivity contribution in [2.45, 2.75) is 32.6 Å². The number of cyclic esters (lactones) is 1. The van der Waals surface area contributed by atoms with Crippen molar-refractivity contribution in [3.63, 3.8) is 0 Å². The first-order valence-corrected chi connectivity index (χ1v) is 4.87. The van der Waals surface area contributed by atoms with Gasteiger partial charge in [0.25, 0.3) is 0 Å². The Morgan fingerprint density at radius 2 is 2.36 bits per heavy atom. The van der Waals surface area contributed by atoms with Gasteiger partial charge in [-0.3, -0.25) is 0 Å². The lowest BCUT2D eigenvalue weighted by molar-refractivity contribution is -0.156. The number of nitrogens with one attached hydrogen (secondary N) is 1. The Labute approximate surface area is 88.2 Å². The summed E-state index contributed by atoms with van der Waals surface area (Å²) < 4.78 is 9.81. The van der Waals surface area contributed by atoms with E-state index in [-0.39, 0.29) is 11.1 Å². The minimum absolute atomic E-state index is 0.0807. The van der Waals surface area contributed by atoms with Crippen LogP contribution in [0.1, 0.15) is 20.3 Å². The third-order valence-electron chi connectivity index (χ3n) is 2.09. The van der Waals surface area contributed by atoms with Crippen LogP contribution in [0.25, 0.3) is 0 Å². The largest absolute Gasteiger partial charge is 0.425 e. The van der Waals surface area contributed by atoms with Gasteiger partial charge in [-0.1, -0.05) is 18.5 Å². The van der Waals surface area contributed by atoms with E-state index in [2.05, 4.69) is 5.32 Å². The maximum absolute atomic E-state index is 11.1. The Morgan fingerprint density at radius 3 is 2.86 bits per heavy atom. The van der Waals surface area contributed by atoms with Gasteiger partial charge in [0.05, 0.1) is 0 Å². The molecule has 0 aliphatic carbocycles.